The van der Waals surface area contributed by atoms with Gasteiger partial charge in [-0.05, 0) is 43.3 Å². The number of Topliss-reactive ketones (excluding diaryl/α,β-unsaturated/α-hetero) is 1. The van der Waals surface area contributed by atoms with Gasteiger partial charge in [-0.3, -0.25) is 19.7 Å². The number of anilines is 1. The SMILES string of the molecule is CCC(=O)Nc1cncc(-c2ccc3[nH]nc(-c4nc5nccc(-c6ccc(C(C)=O)s6)c5[nH]4)c3n2)c1. The number of carbonyl (C=O) groups is 2. The van der Waals surface area contributed by atoms with Gasteiger partial charge in [-0.1, -0.05) is 6.92 Å². The van der Waals surface area contributed by atoms with E-state index < -0.39 is 0 Å². The van der Waals surface area contributed by atoms with E-state index in [0.717, 1.165) is 27.0 Å². The number of nitrogens with zero attached hydrogens (tertiary/aromatic N) is 5. The average molecular weight is 509 g/mol. The van der Waals surface area contributed by atoms with Gasteiger partial charge < -0.3 is 10.3 Å². The summed E-state index contributed by atoms with van der Waals surface area (Å²) in [4.78, 5) is 46.8. The van der Waals surface area contributed by atoms with Crippen molar-refractivity contribution in [3.63, 3.8) is 0 Å². The average Bonchev–Trinajstić information content (AvgIpc) is 3.66. The predicted octanol–water partition coefficient (Wildman–Crippen LogP) is 5.24. The van der Waals surface area contributed by atoms with Crippen LogP contribution in [0.4, 0.5) is 5.69 Å². The number of ketones is 1. The van der Waals surface area contributed by atoms with Crippen LogP contribution in [0.3, 0.4) is 0 Å². The van der Waals surface area contributed by atoms with E-state index in [2.05, 4.69) is 35.5 Å². The Morgan fingerprint density at radius 1 is 1.08 bits per heavy atom. The Kier molecular flexibility index (Phi) is 5.53. The molecule has 0 aliphatic heterocycles. The molecule has 0 aliphatic carbocycles. The monoisotopic (exact) mass is 508 g/mol. The summed E-state index contributed by atoms with van der Waals surface area (Å²) in [6.45, 7) is 3.35. The van der Waals surface area contributed by atoms with Gasteiger partial charge in [0, 0.05) is 34.8 Å². The molecule has 37 heavy (non-hydrogen) atoms. The summed E-state index contributed by atoms with van der Waals surface area (Å²) in [5.74, 6) is 0.471. The fourth-order valence-corrected chi connectivity index (χ4v) is 4.96. The van der Waals surface area contributed by atoms with Crippen molar-refractivity contribution in [2.45, 2.75) is 20.3 Å². The van der Waals surface area contributed by atoms with Crippen LogP contribution in [0.5, 0.6) is 0 Å². The fourth-order valence-electron chi connectivity index (χ4n) is 4.02. The largest absolute Gasteiger partial charge is 0.335 e. The maximum Gasteiger partial charge on any atom is 0.224 e. The van der Waals surface area contributed by atoms with Crippen molar-refractivity contribution < 1.29 is 9.59 Å². The lowest BCUT2D eigenvalue weighted by Gasteiger charge is -2.06. The zero-order valence-corrected chi connectivity index (χ0v) is 20.7. The zero-order valence-electron chi connectivity index (χ0n) is 19.9. The van der Waals surface area contributed by atoms with Gasteiger partial charge in [0.15, 0.2) is 22.9 Å². The minimum Gasteiger partial charge on any atom is -0.335 e. The van der Waals surface area contributed by atoms with E-state index in [1.807, 2.05) is 36.4 Å². The van der Waals surface area contributed by atoms with Gasteiger partial charge in [-0.2, -0.15) is 5.10 Å². The minimum atomic E-state index is -0.0857. The number of aromatic amines is 2. The highest BCUT2D eigenvalue weighted by Crippen LogP contribution is 2.34. The number of imidazole rings is 1. The Labute approximate surface area is 214 Å². The molecule has 0 aromatic carbocycles. The van der Waals surface area contributed by atoms with E-state index in [-0.39, 0.29) is 11.7 Å². The molecule has 0 radical (unpaired) electrons. The molecule has 0 unspecified atom stereocenters. The number of hydrogen-bond acceptors (Lipinski definition) is 8. The summed E-state index contributed by atoms with van der Waals surface area (Å²) in [5, 5.41) is 10.3. The van der Waals surface area contributed by atoms with E-state index in [1.165, 1.54) is 11.3 Å². The molecule has 0 atom stereocenters. The summed E-state index contributed by atoms with van der Waals surface area (Å²) in [5.41, 5.74) is 6.20. The quantitative estimate of drug-likeness (QED) is 0.261. The summed E-state index contributed by atoms with van der Waals surface area (Å²) < 4.78 is 0. The lowest BCUT2D eigenvalue weighted by molar-refractivity contribution is -0.115. The number of aromatic nitrogens is 7. The van der Waals surface area contributed by atoms with Gasteiger partial charge in [-0.15, -0.1) is 11.3 Å². The molecule has 182 valence electrons. The van der Waals surface area contributed by atoms with Crippen molar-refractivity contribution in [2.75, 3.05) is 5.32 Å². The second kappa shape index (κ2) is 9.03. The van der Waals surface area contributed by atoms with Crippen LogP contribution < -0.4 is 5.32 Å². The summed E-state index contributed by atoms with van der Waals surface area (Å²) in [7, 11) is 0. The van der Waals surface area contributed by atoms with Crippen molar-refractivity contribution in [1.82, 2.24) is 35.1 Å². The highest BCUT2D eigenvalue weighted by molar-refractivity contribution is 7.17. The first-order chi connectivity index (χ1) is 18.0. The third kappa shape index (κ3) is 4.15. The van der Waals surface area contributed by atoms with Crippen LogP contribution in [-0.4, -0.2) is 46.8 Å². The first-order valence-corrected chi connectivity index (χ1v) is 12.4. The van der Waals surface area contributed by atoms with Crippen LogP contribution in [0.2, 0.25) is 0 Å². The molecule has 0 spiro atoms. The first kappa shape index (κ1) is 22.7. The van der Waals surface area contributed by atoms with Crippen molar-refractivity contribution in [2.24, 2.45) is 0 Å². The van der Waals surface area contributed by atoms with E-state index in [1.54, 1.807) is 32.4 Å². The zero-order chi connectivity index (χ0) is 25.5. The summed E-state index contributed by atoms with van der Waals surface area (Å²) >= 11 is 1.43. The molecule has 3 N–H and O–H groups in total. The second-order valence-corrected chi connectivity index (χ2v) is 9.48. The molecule has 6 heterocycles. The lowest BCUT2D eigenvalue weighted by atomic mass is 10.1. The molecule has 6 rings (SSSR count). The number of carbonyl (C=O) groups excluding carboxylic acids is 2. The van der Waals surface area contributed by atoms with E-state index in [4.69, 9.17) is 4.98 Å². The van der Waals surface area contributed by atoms with Crippen LogP contribution in [0.25, 0.3) is 55.4 Å². The second-order valence-electron chi connectivity index (χ2n) is 8.39. The van der Waals surface area contributed by atoms with Gasteiger partial charge in [0.2, 0.25) is 5.91 Å². The molecular weight excluding hydrogens is 488 g/mol. The molecule has 0 aliphatic rings. The van der Waals surface area contributed by atoms with Crippen molar-refractivity contribution in [1.29, 1.82) is 0 Å². The first-order valence-electron chi connectivity index (χ1n) is 11.6. The third-order valence-corrected chi connectivity index (χ3v) is 7.10. The predicted molar refractivity (Wildman–Crippen MR) is 142 cm³/mol. The molecule has 0 saturated carbocycles. The van der Waals surface area contributed by atoms with Gasteiger partial charge in [0.25, 0.3) is 0 Å². The van der Waals surface area contributed by atoms with Gasteiger partial charge in [0.05, 0.1) is 33.5 Å². The number of thiophene rings is 1. The Morgan fingerprint density at radius 3 is 2.78 bits per heavy atom. The highest BCUT2D eigenvalue weighted by Gasteiger charge is 2.18. The molecule has 6 aromatic rings. The number of amides is 1. The molecule has 0 saturated heterocycles. The van der Waals surface area contributed by atoms with Crippen molar-refractivity contribution >= 4 is 50.9 Å². The van der Waals surface area contributed by atoms with Crippen LogP contribution in [0.15, 0.2) is 55.0 Å². The molecule has 0 bridgehead atoms. The van der Waals surface area contributed by atoms with E-state index in [0.29, 0.717) is 45.4 Å². The Balaban J connectivity index is 1.42. The number of fused-ring (bicyclic) bond motifs is 2. The smallest absolute Gasteiger partial charge is 0.224 e. The van der Waals surface area contributed by atoms with E-state index in [9.17, 15) is 9.59 Å². The Hall–Kier alpha value is -4.77. The number of H-pyrrole nitrogens is 2. The van der Waals surface area contributed by atoms with Gasteiger partial charge in [-0.25, -0.2) is 15.0 Å². The fraction of sp³-hybridized carbons (Fsp3) is 0.115. The Bertz CT molecular complexity index is 1820. The lowest BCUT2D eigenvalue weighted by Crippen LogP contribution is -2.09. The van der Waals surface area contributed by atoms with Crippen LogP contribution >= 0.6 is 11.3 Å². The Morgan fingerprint density at radius 2 is 1.97 bits per heavy atom. The number of nitrogens with one attached hydrogen (secondary N) is 3. The van der Waals surface area contributed by atoms with Crippen LogP contribution in [0.1, 0.15) is 29.9 Å². The normalized spacial score (nSPS) is 11.3. The number of pyridine rings is 3. The topological polar surface area (TPSA) is 142 Å². The van der Waals surface area contributed by atoms with Crippen molar-refractivity contribution in [3.05, 3.63) is 59.9 Å². The highest BCUT2D eigenvalue weighted by atomic mass is 32.1. The minimum absolute atomic E-state index is 0.0326. The molecule has 10 nitrogen and oxygen atoms in total. The number of hydrogen-bond donors (Lipinski definition) is 3. The summed E-state index contributed by atoms with van der Waals surface area (Å²) in [6, 6.07) is 11.3. The maximum absolute atomic E-state index is 11.8. The molecule has 0 fully saturated rings. The third-order valence-electron chi connectivity index (χ3n) is 5.88. The molecule has 11 heteroatoms. The van der Waals surface area contributed by atoms with Crippen LogP contribution in [-0.2, 0) is 4.79 Å². The molecule has 6 aromatic heterocycles. The summed E-state index contributed by atoms with van der Waals surface area (Å²) in [6.07, 6.45) is 5.38. The van der Waals surface area contributed by atoms with Gasteiger partial charge >= 0.3 is 0 Å². The van der Waals surface area contributed by atoms with Crippen molar-refractivity contribution in [3.8, 4) is 33.2 Å². The molecular formula is C26H20N8O2S. The standard InChI is InChI=1S/C26H20N8O2S/c1-3-21(36)29-15-10-14(11-27-12-15)17-4-5-18-23(30-17)24(34-33-18)26-31-22-16(8-9-28-25(22)32-26)20-7-6-19(37-20)13(2)35/h4-12H,3H2,1-2H3,(H,29,36)(H,33,34)(H,28,31,32). The van der Waals surface area contributed by atoms with E-state index >= 15 is 0 Å². The van der Waals surface area contributed by atoms with Gasteiger partial charge in [0.1, 0.15) is 5.52 Å². The van der Waals surface area contributed by atoms with Crippen LogP contribution in [0, 0.1) is 0 Å². The molecule has 1 amide bonds. The number of rotatable bonds is 6. The maximum atomic E-state index is 11.8.